The first-order valence-electron chi connectivity index (χ1n) is 18.5. The highest BCUT2D eigenvalue weighted by Crippen LogP contribution is 2.15. The fourth-order valence-electron chi connectivity index (χ4n) is 4.66. The summed E-state index contributed by atoms with van der Waals surface area (Å²) in [4.78, 5) is 35.9. The average molecular weight is 693 g/mol. The fourth-order valence-corrected chi connectivity index (χ4v) is 4.66. The van der Waals surface area contributed by atoms with Crippen molar-refractivity contribution >= 4 is 18.5 Å². The van der Waals surface area contributed by atoms with Gasteiger partial charge in [-0.1, -0.05) is 99.3 Å². The van der Waals surface area contributed by atoms with Crippen LogP contribution < -0.4 is 0 Å². The first kappa shape index (κ1) is 45.7. The molecule has 0 saturated carbocycles. The van der Waals surface area contributed by atoms with E-state index >= 15 is 0 Å². The lowest BCUT2D eigenvalue weighted by Gasteiger charge is -2.19. The van der Waals surface area contributed by atoms with Gasteiger partial charge in [-0.15, -0.1) is 0 Å². The maximum atomic E-state index is 12.0. The van der Waals surface area contributed by atoms with Gasteiger partial charge in [-0.3, -0.25) is 0 Å². The maximum Gasteiger partial charge on any atom is 0.508 e. The van der Waals surface area contributed by atoms with Gasteiger partial charge in [0.15, 0.2) is 0 Å². The number of rotatable bonds is 32. The number of hydrogen-bond acceptors (Lipinski definition) is 12. The minimum Gasteiger partial charge on any atom is -0.434 e. The Morgan fingerprint density at radius 3 is 1.06 bits per heavy atom. The molecule has 0 saturated heterocycles. The van der Waals surface area contributed by atoms with Gasteiger partial charge in [0.05, 0.1) is 52.9 Å². The van der Waals surface area contributed by atoms with Crippen LogP contribution in [-0.4, -0.2) is 97.2 Å². The fraction of sp³-hybridized carbons (Fsp3) is 0.917. The highest BCUT2D eigenvalue weighted by Gasteiger charge is 2.15. The van der Waals surface area contributed by atoms with Crippen LogP contribution >= 0.6 is 0 Å². The molecule has 0 aliphatic rings. The quantitative estimate of drug-likeness (QED) is 0.0380. The van der Waals surface area contributed by atoms with E-state index in [0.717, 1.165) is 77.0 Å². The molecule has 0 radical (unpaired) electrons. The predicted molar refractivity (Wildman–Crippen MR) is 183 cm³/mol. The Labute approximate surface area is 290 Å². The van der Waals surface area contributed by atoms with E-state index < -0.39 is 24.6 Å². The van der Waals surface area contributed by atoms with Gasteiger partial charge in [-0.05, 0) is 37.0 Å². The normalized spacial score (nSPS) is 13.6. The highest BCUT2D eigenvalue weighted by molar-refractivity contribution is 5.60. The zero-order valence-electron chi connectivity index (χ0n) is 31.0. The Bertz CT molecular complexity index is 723. The van der Waals surface area contributed by atoms with Gasteiger partial charge in [-0.25, -0.2) is 14.4 Å². The van der Waals surface area contributed by atoms with Crippen molar-refractivity contribution in [2.45, 2.75) is 125 Å². The first-order chi connectivity index (χ1) is 23.3. The van der Waals surface area contributed by atoms with Gasteiger partial charge < -0.3 is 42.6 Å². The zero-order valence-corrected chi connectivity index (χ0v) is 31.0. The standard InChI is InChI=1S/C36H68O12/c1-7-13-16-30(10-4)25-46-34(37)43-21-19-40-28-33(42-23-24-45-36(39)48-27-32(12-6)18-15-9-3)29-41-20-22-44-35(38)47-26-31(11-5)17-14-8-2/h30-33H,7-29H2,1-6H3. The summed E-state index contributed by atoms with van der Waals surface area (Å²) in [5.74, 6) is 0.982. The van der Waals surface area contributed by atoms with Crippen LogP contribution in [0.15, 0.2) is 0 Å². The molecule has 0 amide bonds. The monoisotopic (exact) mass is 692 g/mol. The van der Waals surface area contributed by atoms with Crippen LogP contribution in [0.1, 0.15) is 119 Å². The summed E-state index contributed by atoms with van der Waals surface area (Å²) in [6, 6.07) is 0. The number of hydrogen-bond donors (Lipinski definition) is 0. The summed E-state index contributed by atoms with van der Waals surface area (Å²) in [6.45, 7) is 14.3. The molecule has 0 aromatic carbocycles. The molecule has 0 fully saturated rings. The molecule has 0 N–H and O–H groups in total. The van der Waals surface area contributed by atoms with E-state index in [4.69, 9.17) is 42.6 Å². The van der Waals surface area contributed by atoms with Crippen LogP contribution in [0.5, 0.6) is 0 Å². The smallest absolute Gasteiger partial charge is 0.434 e. The molecule has 3 unspecified atom stereocenters. The van der Waals surface area contributed by atoms with Crippen molar-refractivity contribution in [2.75, 3.05) is 72.7 Å². The van der Waals surface area contributed by atoms with E-state index in [1.54, 1.807) is 0 Å². The van der Waals surface area contributed by atoms with Gasteiger partial charge in [0, 0.05) is 0 Å². The van der Waals surface area contributed by atoms with Crippen molar-refractivity contribution in [3.63, 3.8) is 0 Å². The topological polar surface area (TPSA) is 134 Å². The van der Waals surface area contributed by atoms with Crippen LogP contribution in [0, 0.1) is 17.8 Å². The third kappa shape index (κ3) is 27.6. The van der Waals surface area contributed by atoms with E-state index in [0.29, 0.717) is 37.6 Å². The molecular formula is C36H68O12. The van der Waals surface area contributed by atoms with Crippen molar-refractivity contribution < 1.29 is 57.0 Å². The van der Waals surface area contributed by atoms with E-state index in [1.807, 2.05) is 0 Å². The van der Waals surface area contributed by atoms with Crippen LogP contribution in [0.4, 0.5) is 14.4 Å². The van der Waals surface area contributed by atoms with Gasteiger partial charge in [0.25, 0.3) is 0 Å². The molecule has 0 rings (SSSR count). The molecule has 0 spiro atoms. The predicted octanol–water partition coefficient (Wildman–Crippen LogP) is 8.51. The van der Waals surface area contributed by atoms with Crippen molar-refractivity contribution in [1.82, 2.24) is 0 Å². The molecular weight excluding hydrogens is 624 g/mol. The SMILES string of the molecule is CCCCC(CC)COC(=O)OCCOCC(COCCOC(=O)OCC(CC)CCCC)OCCOC(=O)OCC(CC)CCCC. The van der Waals surface area contributed by atoms with E-state index in [2.05, 4.69) is 41.5 Å². The lowest BCUT2D eigenvalue weighted by atomic mass is 10.0. The summed E-state index contributed by atoms with van der Waals surface area (Å²) >= 11 is 0. The van der Waals surface area contributed by atoms with Crippen molar-refractivity contribution in [1.29, 1.82) is 0 Å². The van der Waals surface area contributed by atoms with Crippen LogP contribution in [0.2, 0.25) is 0 Å². The maximum absolute atomic E-state index is 12.0. The van der Waals surface area contributed by atoms with Crippen LogP contribution in [0.25, 0.3) is 0 Å². The highest BCUT2D eigenvalue weighted by atomic mass is 16.7. The number of carbonyl (C=O) groups is 3. The van der Waals surface area contributed by atoms with Gasteiger partial charge in [0.1, 0.15) is 25.9 Å². The minimum atomic E-state index is -0.725. The third-order valence-electron chi connectivity index (χ3n) is 8.10. The molecule has 0 aliphatic carbocycles. The molecule has 0 aromatic rings. The number of ether oxygens (including phenoxy) is 9. The molecule has 0 aromatic heterocycles. The van der Waals surface area contributed by atoms with E-state index in [9.17, 15) is 14.4 Å². The lowest BCUT2D eigenvalue weighted by Crippen LogP contribution is -2.29. The second-order valence-electron chi connectivity index (χ2n) is 12.1. The average Bonchev–Trinajstić information content (AvgIpc) is 3.09. The molecule has 3 atom stereocenters. The zero-order chi connectivity index (χ0) is 35.7. The summed E-state index contributed by atoms with van der Waals surface area (Å²) in [6.07, 6.45) is 9.82. The van der Waals surface area contributed by atoms with Crippen molar-refractivity contribution in [3.05, 3.63) is 0 Å². The summed E-state index contributed by atoms with van der Waals surface area (Å²) in [7, 11) is 0. The molecule has 0 bridgehead atoms. The van der Waals surface area contributed by atoms with Crippen molar-refractivity contribution in [3.8, 4) is 0 Å². The molecule has 12 heteroatoms. The Hall–Kier alpha value is -2.31. The van der Waals surface area contributed by atoms with Crippen molar-refractivity contribution in [2.24, 2.45) is 17.8 Å². The number of carbonyl (C=O) groups excluding carboxylic acids is 3. The van der Waals surface area contributed by atoms with Gasteiger partial charge >= 0.3 is 18.5 Å². The van der Waals surface area contributed by atoms with E-state index in [-0.39, 0.29) is 52.9 Å². The minimum absolute atomic E-state index is 0.000983. The Balaban J connectivity index is 4.53. The van der Waals surface area contributed by atoms with E-state index in [1.165, 1.54) is 0 Å². The summed E-state index contributed by atoms with van der Waals surface area (Å²) < 4.78 is 48.3. The number of unbranched alkanes of at least 4 members (excludes halogenated alkanes) is 3. The Kier molecular flexibility index (Phi) is 31.6. The van der Waals surface area contributed by atoms with Gasteiger partial charge in [-0.2, -0.15) is 0 Å². The molecule has 0 aliphatic heterocycles. The second-order valence-corrected chi connectivity index (χ2v) is 12.1. The second kappa shape index (κ2) is 33.2. The first-order valence-corrected chi connectivity index (χ1v) is 18.5. The van der Waals surface area contributed by atoms with Crippen LogP contribution in [0.3, 0.4) is 0 Å². The Morgan fingerprint density at radius 1 is 0.417 bits per heavy atom. The molecule has 284 valence electrons. The third-order valence-corrected chi connectivity index (χ3v) is 8.10. The largest absolute Gasteiger partial charge is 0.508 e. The molecule has 12 nitrogen and oxygen atoms in total. The lowest BCUT2D eigenvalue weighted by molar-refractivity contribution is -0.0801. The Morgan fingerprint density at radius 2 is 0.750 bits per heavy atom. The summed E-state index contributed by atoms with van der Waals surface area (Å²) in [5, 5.41) is 0. The van der Waals surface area contributed by atoms with Gasteiger partial charge in [0.2, 0.25) is 0 Å². The molecule has 48 heavy (non-hydrogen) atoms. The summed E-state index contributed by atoms with van der Waals surface area (Å²) in [5.41, 5.74) is 0. The van der Waals surface area contributed by atoms with Crippen LogP contribution in [-0.2, 0) is 42.6 Å². The molecule has 0 heterocycles.